The quantitative estimate of drug-likeness (QED) is 0.508. The molecule has 0 aliphatic heterocycles. The van der Waals surface area contributed by atoms with Crippen LogP contribution in [0.1, 0.15) is 0 Å². The molecule has 0 fully saturated rings. The predicted molar refractivity (Wildman–Crippen MR) is 65.2 cm³/mol. The van der Waals surface area contributed by atoms with Gasteiger partial charge >= 0.3 is 0 Å². The zero-order chi connectivity index (χ0) is 9.54. The van der Waals surface area contributed by atoms with E-state index in [1.165, 1.54) is 0 Å². The summed E-state index contributed by atoms with van der Waals surface area (Å²) in [6.07, 6.45) is 0.606. The maximum atomic E-state index is 4.91. The van der Waals surface area contributed by atoms with Crippen LogP contribution in [0.15, 0.2) is 0 Å². The maximum Gasteiger partial charge on any atom is 0.0464 e. The molecule has 0 bridgehead atoms. The van der Waals surface area contributed by atoms with E-state index in [0.29, 0.717) is 6.29 Å². The first-order valence-electron chi connectivity index (χ1n) is 2.29. The molecule has 0 aromatic heterocycles. The third kappa shape index (κ3) is 86.1. The zero-order valence-electron chi connectivity index (χ0n) is 5.71. The van der Waals surface area contributed by atoms with E-state index in [9.17, 15) is 0 Å². The van der Waals surface area contributed by atoms with Gasteiger partial charge in [-0.15, -0.1) is 0 Å². The van der Waals surface area contributed by atoms with E-state index in [1.54, 1.807) is 0 Å². The Kier molecular flexibility index (Phi) is 49.9. The van der Waals surface area contributed by atoms with Crippen LogP contribution in [0.2, 0.25) is 0 Å². The molecule has 6 N–H and O–H groups in total. The van der Waals surface area contributed by atoms with Crippen molar-refractivity contribution < 1.29 is 0 Å². The van der Waals surface area contributed by atoms with Gasteiger partial charge in [0.15, 0.2) is 0 Å². The lowest BCUT2D eigenvalue weighted by molar-refractivity contribution is 1.07. The monoisotopic (exact) mass is 265 g/mol. The minimum Gasteiger partial charge on any atom is -0.323 e. The highest BCUT2D eigenvalue weighted by Gasteiger charge is 1.47. The summed E-state index contributed by atoms with van der Waals surface area (Å²) >= 11 is 13.2. The highest BCUT2D eigenvalue weighted by atomic mass is 32.7. The summed E-state index contributed by atoms with van der Waals surface area (Å²) < 4.78 is 0. The van der Waals surface area contributed by atoms with Crippen LogP contribution in [-0.4, -0.2) is 13.0 Å². The summed E-state index contributed by atoms with van der Waals surface area (Å²) in [5.41, 5.74) is 14.2. The van der Waals surface area contributed by atoms with Crippen LogP contribution < -0.4 is 17.2 Å². The first-order valence-corrected chi connectivity index (χ1v) is 8.90. The Labute approximate surface area is 86.9 Å². The van der Waals surface area contributed by atoms with Gasteiger partial charge in [-0.05, 0) is 31.0 Å². The van der Waals surface area contributed by atoms with E-state index in [2.05, 4.69) is 46.9 Å². The van der Waals surface area contributed by atoms with Gasteiger partial charge in [-0.3, -0.25) is 0 Å². The van der Waals surface area contributed by atoms with Gasteiger partial charge in [0.05, 0.1) is 0 Å². The van der Waals surface area contributed by atoms with E-state index in [-0.39, 0.29) is 6.67 Å². The van der Waals surface area contributed by atoms with Gasteiger partial charge in [-0.2, -0.15) is 0 Å². The zero-order valence-corrected chi connectivity index (χ0v) is 10.8. The summed E-state index contributed by atoms with van der Waals surface area (Å²) in [6.45, 7) is 0.250. The van der Waals surface area contributed by atoms with Crippen LogP contribution in [0.5, 0.6) is 0 Å². The van der Waals surface area contributed by atoms with Gasteiger partial charge in [0, 0.05) is 27.0 Å². The van der Waals surface area contributed by atoms with Crippen molar-refractivity contribution in [3.8, 4) is 0 Å². The van der Waals surface area contributed by atoms with Gasteiger partial charge in [0.2, 0.25) is 0 Å². The molecule has 11 heavy (non-hydrogen) atoms. The molecule has 3 nitrogen and oxygen atoms in total. The van der Waals surface area contributed by atoms with Crippen LogP contribution >= 0.6 is 21.4 Å². The van der Waals surface area contributed by atoms with Gasteiger partial charge in [0.1, 0.15) is 0 Å². The second-order valence-electron chi connectivity index (χ2n) is 0.711. The van der Waals surface area contributed by atoms with E-state index >= 15 is 0 Å². The SMILES string of the molecule is NCN.NCP=S.S=PP=S. The Hall–Kier alpha value is 1.44. The normalized spacial score (nSPS) is 7.91. The van der Waals surface area contributed by atoms with Crippen molar-refractivity contribution in [2.45, 2.75) is 0 Å². The van der Waals surface area contributed by atoms with Crippen LogP contribution in [-0.2, 0) is 35.4 Å². The molecule has 0 aliphatic carbocycles. The highest BCUT2D eigenvalue weighted by molar-refractivity contribution is 8.40. The average Bonchev–Trinajstić information content (AvgIpc) is 2.06. The fourth-order valence-electron chi connectivity index (χ4n) is 0. The molecular formula is C2H10N3P3S3. The summed E-state index contributed by atoms with van der Waals surface area (Å²) in [7, 11) is 2.60. The van der Waals surface area contributed by atoms with E-state index in [0.717, 1.165) is 21.4 Å². The molecule has 0 saturated heterocycles. The van der Waals surface area contributed by atoms with Gasteiger partial charge in [0.25, 0.3) is 0 Å². The number of nitrogens with two attached hydrogens (primary N) is 3. The third-order valence-electron chi connectivity index (χ3n) is 0.108. The number of hydrogen-bond donors (Lipinski definition) is 3. The number of rotatable bonds is 2. The fourth-order valence-corrected chi connectivity index (χ4v) is 0. The second-order valence-corrected chi connectivity index (χ2v) is 6.35. The van der Waals surface area contributed by atoms with E-state index in [1.807, 2.05) is 0 Å². The topological polar surface area (TPSA) is 78.1 Å². The largest absolute Gasteiger partial charge is 0.323 e. The Bertz CT molecular complexity index is 85.9. The molecule has 0 heterocycles. The van der Waals surface area contributed by atoms with Crippen LogP contribution in [0.3, 0.4) is 0 Å². The Morgan fingerprint density at radius 3 is 1.09 bits per heavy atom. The summed E-state index contributed by atoms with van der Waals surface area (Å²) in [6, 6.07) is 0. The lowest BCUT2D eigenvalue weighted by atomic mass is 11.3. The van der Waals surface area contributed by atoms with Gasteiger partial charge in [-0.1, -0.05) is 11.8 Å². The van der Waals surface area contributed by atoms with Crippen molar-refractivity contribution in [3.63, 3.8) is 0 Å². The summed E-state index contributed by atoms with van der Waals surface area (Å²) in [4.78, 5) is 0. The third-order valence-corrected chi connectivity index (χ3v) is 3.37. The second kappa shape index (κ2) is 30.1. The molecule has 0 spiro atoms. The predicted octanol–water partition coefficient (Wildman–Crippen LogP) is 0.890. The lowest BCUT2D eigenvalue weighted by Crippen LogP contribution is -2.08. The Balaban J connectivity index is -0.0000000886. The first-order chi connectivity index (χ1) is 5.24. The van der Waals surface area contributed by atoms with Crippen LogP contribution in [0.25, 0.3) is 0 Å². The molecule has 0 atom stereocenters. The highest BCUT2D eigenvalue weighted by Crippen LogP contribution is 2.10. The minimum atomic E-state index is 0.250. The van der Waals surface area contributed by atoms with Crippen molar-refractivity contribution in [1.29, 1.82) is 0 Å². The molecule has 0 rings (SSSR count). The fraction of sp³-hybridized carbons (Fsp3) is 1.00. The molecule has 9 heteroatoms. The number of hydrogen-bond acceptors (Lipinski definition) is 6. The molecule has 0 aliphatic rings. The molecule has 0 radical (unpaired) electrons. The van der Waals surface area contributed by atoms with Crippen molar-refractivity contribution in [1.82, 2.24) is 0 Å². The lowest BCUT2D eigenvalue weighted by Gasteiger charge is -1.57. The molecule has 0 saturated carbocycles. The smallest absolute Gasteiger partial charge is 0.0464 e. The molecule has 0 aromatic carbocycles. The summed E-state index contributed by atoms with van der Waals surface area (Å²) in [5, 5.41) is 0. The van der Waals surface area contributed by atoms with Crippen molar-refractivity contribution in [3.05, 3.63) is 0 Å². The van der Waals surface area contributed by atoms with Crippen molar-refractivity contribution >= 4 is 56.9 Å². The maximum absolute atomic E-state index is 4.91. The van der Waals surface area contributed by atoms with Gasteiger partial charge in [-0.25, -0.2) is 0 Å². The van der Waals surface area contributed by atoms with E-state index < -0.39 is 0 Å². The summed E-state index contributed by atoms with van der Waals surface area (Å²) in [5.74, 6) is 0. The average molecular weight is 265 g/mol. The Morgan fingerprint density at radius 1 is 0.909 bits per heavy atom. The molecule has 0 unspecified atom stereocenters. The van der Waals surface area contributed by atoms with Gasteiger partial charge < -0.3 is 17.2 Å². The molecular weight excluding hydrogens is 255 g/mol. The van der Waals surface area contributed by atoms with Crippen LogP contribution in [0.4, 0.5) is 0 Å². The minimum absolute atomic E-state index is 0.250. The van der Waals surface area contributed by atoms with Crippen molar-refractivity contribution in [2.75, 3.05) is 13.0 Å². The van der Waals surface area contributed by atoms with Crippen molar-refractivity contribution in [2.24, 2.45) is 17.2 Å². The van der Waals surface area contributed by atoms with E-state index in [4.69, 9.17) is 5.73 Å². The molecule has 0 amide bonds. The first kappa shape index (κ1) is 18.3. The van der Waals surface area contributed by atoms with Crippen LogP contribution in [0, 0.1) is 0 Å². The Morgan fingerprint density at radius 2 is 1.09 bits per heavy atom. The standard InChI is InChI=1S/CH6N2.CH4NPS.P2S2/c2-1-3;2-1-3-4;3-1-2-4/h1-3H2;1-2H2;. The molecule has 66 valence electrons. The molecule has 0 aromatic rings.